The van der Waals surface area contributed by atoms with E-state index < -0.39 is 23.7 Å². The first kappa shape index (κ1) is 22.6. The molecule has 7 heteroatoms. The van der Waals surface area contributed by atoms with Gasteiger partial charge >= 0.3 is 6.36 Å². The van der Waals surface area contributed by atoms with Crippen LogP contribution in [0, 0.1) is 23.5 Å². The molecule has 0 bridgehead atoms. The standard InChI is InChI=1S/C23H22ClF5O/c24-12-11-16-3-1-15(2-4-16)5-6-17-7-9-19(20(25)13-17)18-8-10-22(21(26)14-18)30-23(27,28)29/h7-16H,1-6H2/b12-11+. The first-order valence-corrected chi connectivity index (χ1v) is 10.3. The summed E-state index contributed by atoms with van der Waals surface area (Å²) < 4.78 is 68.9. The molecule has 0 heterocycles. The number of halogens is 6. The van der Waals surface area contributed by atoms with Gasteiger partial charge in [0, 0.05) is 11.1 Å². The molecule has 0 atom stereocenters. The number of aryl methyl sites for hydroxylation is 1. The fraction of sp³-hybridized carbons (Fsp3) is 0.391. The zero-order valence-electron chi connectivity index (χ0n) is 16.2. The van der Waals surface area contributed by atoms with Crippen molar-refractivity contribution in [2.24, 2.45) is 11.8 Å². The highest BCUT2D eigenvalue weighted by Crippen LogP contribution is 2.34. The fourth-order valence-electron chi connectivity index (χ4n) is 3.97. The molecule has 162 valence electrons. The van der Waals surface area contributed by atoms with E-state index >= 15 is 0 Å². The van der Waals surface area contributed by atoms with Crippen LogP contribution in [0.1, 0.15) is 37.7 Å². The van der Waals surface area contributed by atoms with Gasteiger partial charge in [-0.2, -0.15) is 0 Å². The van der Waals surface area contributed by atoms with E-state index in [2.05, 4.69) is 4.74 Å². The lowest BCUT2D eigenvalue weighted by Gasteiger charge is -2.26. The molecule has 3 rings (SSSR count). The molecule has 1 aliphatic carbocycles. The Morgan fingerprint density at radius 1 is 0.967 bits per heavy atom. The molecule has 0 N–H and O–H groups in total. The van der Waals surface area contributed by atoms with Crippen molar-refractivity contribution in [3.63, 3.8) is 0 Å². The second-order valence-corrected chi connectivity index (χ2v) is 7.90. The molecule has 2 aromatic rings. The normalized spacial score (nSPS) is 19.9. The monoisotopic (exact) mass is 444 g/mol. The third-order valence-corrected chi connectivity index (χ3v) is 5.73. The number of alkyl halides is 3. The number of benzene rings is 2. The number of hydrogen-bond acceptors (Lipinski definition) is 1. The largest absolute Gasteiger partial charge is 0.573 e. The Balaban J connectivity index is 1.62. The minimum atomic E-state index is -4.99. The van der Waals surface area contributed by atoms with Crippen LogP contribution in [0.4, 0.5) is 22.0 Å². The summed E-state index contributed by atoms with van der Waals surface area (Å²) in [6.45, 7) is 0. The Labute approximate surface area is 177 Å². The molecule has 1 aliphatic rings. The zero-order valence-corrected chi connectivity index (χ0v) is 16.9. The van der Waals surface area contributed by atoms with Crippen molar-refractivity contribution in [1.29, 1.82) is 0 Å². The van der Waals surface area contributed by atoms with Crippen LogP contribution in [0.25, 0.3) is 11.1 Å². The Bertz CT molecular complexity index is 886. The molecule has 0 amide bonds. The summed E-state index contributed by atoms with van der Waals surface area (Å²) in [6, 6.07) is 7.61. The first-order valence-electron chi connectivity index (χ1n) is 9.86. The molecular formula is C23H22ClF5O. The number of hydrogen-bond donors (Lipinski definition) is 0. The predicted octanol–water partition coefficient (Wildman–Crippen LogP) is 8.02. The quantitative estimate of drug-likeness (QED) is 0.410. The average molecular weight is 445 g/mol. The van der Waals surface area contributed by atoms with Gasteiger partial charge in [-0.05, 0) is 79.7 Å². The van der Waals surface area contributed by atoms with E-state index in [1.807, 2.05) is 6.08 Å². The lowest BCUT2D eigenvalue weighted by Crippen LogP contribution is -2.17. The molecule has 0 unspecified atom stereocenters. The average Bonchev–Trinajstić information content (AvgIpc) is 2.68. The summed E-state index contributed by atoms with van der Waals surface area (Å²) in [6.07, 6.45) is 3.22. The topological polar surface area (TPSA) is 9.23 Å². The van der Waals surface area contributed by atoms with E-state index in [0.717, 1.165) is 56.2 Å². The van der Waals surface area contributed by atoms with E-state index in [1.165, 1.54) is 18.2 Å². The Morgan fingerprint density at radius 2 is 1.70 bits per heavy atom. The summed E-state index contributed by atoms with van der Waals surface area (Å²) in [5, 5.41) is 0. The van der Waals surface area contributed by atoms with Crippen LogP contribution >= 0.6 is 11.6 Å². The third kappa shape index (κ3) is 6.21. The van der Waals surface area contributed by atoms with Gasteiger partial charge in [0.25, 0.3) is 0 Å². The summed E-state index contributed by atoms with van der Waals surface area (Å²) in [5.74, 6) is -1.54. The van der Waals surface area contributed by atoms with Gasteiger partial charge in [-0.25, -0.2) is 8.78 Å². The minimum absolute atomic E-state index is 0.129. The van der Waals surface area contributed by atoms with E-state index in [9.17, 15) is 22.0 Å². The van der Waals surface area contributed by atoms with Crippen LogP contribution in [0.15, 0.2) is 48.0 Å². The van der Waals surface area contributed by atoms with Crippen LogP contribution in [-0.4, -0.2) is 6.36 Å². The smallest absolute Gasteiger partial charge is 0.403 e. The van der Waals surface area contributed by atoms with E-state index in [4.69, 9.17) is 11.6 Å². The Hall–Kier alpha value is -2.08. The van der Waals surface area contributed by atoms with Crippen molar-refractivity contribution in [2.45, 2.75) is 44.9 Å². The molecule has 1 fully saturated rings. The van der Waals surface area contributed by atoms with Gasteiger partial charge in [0.05, 0.1) is 0 Å². The Kier molecular flexibility index (Phi) is 7.40. The minimum Gasteiger partial charge on any atom is -0.403 e. The highest BCUT2D eigenvalue weighted by molar-refractivity contribution is 6.25. The first-order chi connectivity index (χ1) is 14.2. The number of allylic oxidation sites excluding steroid dienone is 1. The van der Waals surface area contributed by atoms with Crippen molar-refractivity contribution < 1.29 is 26.7 Å². The van der Waals surface area contributed by atoms with Crippen LogP contribution in [0.3, 0.4) is 0 Å². The predicted molar refractivity (Wildman–Crippen MR) is 107 cm³/mol. The summed E-state index contributed by atoms with van der Waals surface area (Å²) in [7, 11) is 0. The molecule has 1 nitrogen and oxygen atoms in total. The van der Waals surface area contributed by atoms with Gasteiger partial charge in [-0.15, -0.1) is 13.2 Å². The molecule has 0 saturated heterocycles. The molecule has 2 aromatic carbocycles. The van der Waals surface area contributed by atoms with E-state index in [0.29, 0.717) is 11.8 Å². The van der Waals surface area contributed by atoms with Gasteiger partial charge in [0.1, 0.15) is 5.82 Å². The maximum Gasteiger partial charge on any atom is 0.573 e. The number of ether oxygens (including phenoxy) is 1. The maximum absolute atomic E-state index is 14.6. The van der Waals surface area contributed by atoms with Gasteiger partial charge < -0.3 is 4.74 Å². The lowest BCUT2D eigenvalue weighted by molar-refractivity contribution is -0.275. The highest BCUT2D eigenvalue weighted by atomic mass is 35.5. The molecule has 0 aliphatic heterocycles. The molecule has 1 saturated carbocycles. The van der Waals surface area contributed by atoms with Crippen molar-refractivity contribution in [3.05, 3.63) is 65.2 Å². The van der Waals surface area contributed by atoms with Crippen LogP contribution < -0.4 is 4.74 Å². The van der Waals surface area contributed by atoms with Gasteiger partial charge in [0.2, 0.25) is 0 Å². The molecule has 0 spiro atoms. The van der Waals surface area contributed by atoms with E-state index in [-0.39, 0.29) is 11.1 Å². The zero-order chi connectivity index (χ0) is 21.7. The molecule has 30 heavy (non-hydrogen) atoms. The third-order valence-electron chi connectivity index (χ3n) is 5.58. The Morgan fingerprint density at radius 3 is 2.30 bits per heavy atom. The van der Waals surface area contributed by atoms with Crippen molar-refractivity contribution in [2.75, 3.05) is 0 Å². The molecule has 0 aromatic heterocycles. The van der Waals surface area contributed by atoms with Crippen molar-refractivity contribution >= 4 is 11.6 Å². The fourth-order valence-corrected chi connectivity index (χ4v) is 4.17. The maximum atomic E-state index is 14.6. The molecular weight excluding hydrogens is 423 g/mol. The summed E-state index contributed by atoms with van der Waals surface area (Å²) >= 11 is 5.64. The van der Waals surface area contributed by atoms with Gasteiger partial charge in [-0.1, -0.05) is 35.9 Å². The van der Waals surface area contributed by atoms with Crippen molar-refractivity contribution in [1.82, 2.24) is 0 Å². The second-order valence-electron chi connectivity index (χ2n) is 7.65. The van der Waals surface area contributed by atoms with Gasteiger partial charge in [-0.3, -0.25) is 0 Å². The van der Waals surface area contributed by atoms with Crippen LogP contribution in [0.2, 0.25) is 0 Å². The highest BCUT2D eigenvalue weighted by Gasteiger charge is 2.32. The SMILES string of the molecule is Fc1cc(-c2ccc(CCC3CCC(/C=C/Cl)CC3)cc2F)ccc1OC(F)(F)F. The van der Waals surface area contributed by atoms with E-state index in [1.54, 1.807) is 11.6 Å². The summed E-state index contributed by atoms with van der Waals surface area (Å²) in [5.41, 5.74) is 2.70. The second kappa shape index (κ2) is 9.82. The van der Waals surface area contributed by atoms with Gasteiger partial charge in [0.15, 0.2) is 11.6 Å². The van der Waals surface area contributed by atoms with Crippen LogP contribution in [0.5, 0.6) is 5.75 Å². The van der Waals surface area contributed by atoms with Crippen LogP contribution in [-0.2, 0) is 6.42 Å². The number of rotatable bonds is 6. The lowest BCUT2D eigenvalue weighted by atomic mass is 9.79. The van der Waals surface area contributed by atoms with Crippen molar-refractivity contribution in [3.8, 4) is 16.9 Å². The summed E-state index contributed by atoms with van der Waals surface area (Å²) in [4.78, 5) is 0. The molecule has 0 radical (unpaired) electrons.